The fourth-order valence-corrected chi connectivity index (χ4v) is 3.42. The van der Waals surface area contributed by atoms with Crippen LogP contribution < -0.4 is 10.6 Å². The Morgan fingerprint density at radius 3 is 2.71 bits per heavy atom. The number of thioether (sulfide) groups is 1. The van der Waals surface area contributed by atoms with Crippen LogP contribution in [0.2, 0.25) is 0 Å². The number of carbonyl (C=O) groups is 1. The van der Waals surface area contributed by atoms with Gasteiger partial charge in [-0.2, -0.15) is 11.8 Å². The second kappa shape index (κ2) is 8.89. The molecule has 0 aromatic rings. The molecule has 0 aromatic heterocycles. The minimum Gasteiger partial charge on any atom is -0.444 e. The summed E-state index contributed by atoms with van der Waals surface area (Å²) in [5.41, 5.74) is -0.427. The zero-order chi connectivity index (χ0) is 15.9. The highest BCUT2D eigenvalue weighted by molar-refractivity contribution is 7.99. The van der Waals surface area contributed by atoms with Gasteiger partial charge in [-0.25, -0.2) is 4.79 Å². The molecule has 5 heteroatoms. The van der Waals surface area contributed by atoms with Gasteiger partial charge in [0.05, 0.1) is 0 Å². The summed E-state index contributed by atoms with van der Waals surface area (Å²) in [5, 5.41) is 6.64. The Bertz CT molecular complexity index is 318. The zero-order valence-electron chi connectivity index (χ0n) is 14.2. The topological polar surface area (TPSA) is 50.4 Å². The molecule has 0 radical (unpaired) electrons. The highest BCUT2D eigenvalue weighted by atomic mass is 32.2. The number of hydrogen-bond donors (Lipinski definition) is 2. The van der Waals surface area contributed by atoms with Crippen LogP contribution in [0.25, 0.3) is 0 Å². The van der Waals surface area contributed by atoms with Crippen molar-refractivity contribution in [1.82, 2.24) is 10.6 Å². The quantitative estimate of drug-likeness (QED) is 0.756. The Balaban J connectivity index is 2.31. The molecule has 4 nitrogen and oxygen atoms in total. The molecule has 3 atom stereocenters. The lowest BCUT2D eigenvalue weighted by molar-refractivity contribution is 0.0517. The number of hydrogen-bond acceptors (Lipinski definition) is 4. The van der Waals surface area contributed by atoms with Gasteiger partial charge >= 0.3 is 6.09 Å². The van der Waals surface area contributed by atoms with Crippen LogP contribution in [0.15, 0.2) is 0 Å². The van der Waals surface area contributed by atoms with Gasteiger partial charge in [0.2, 0.25) is 0 Å². The van der Waals surface area contributed by atoms with E-state index in [-0.39, 0.29) is 6.09 Å². The molecule has 1 fully saturated rings. The second-order valence-corrected chi connectivity index (χ2v) is 8.23. The number of amides is 1. The summed E-state index contributed by atoms with van der Waals surface area (Å²) in [7, 11) is 0. The molecule has 0 saturated heterocycles. The van der Waals surface area contributed by atoms with Crippen molar-refractivity contribution in [2.75, 3.05) is 18.1 Å². The third kappa shape index (κ3) is 7.96. The van der Waals surface area contributed by atoms with Gasteiger partial charge in [0.1, 0.15) is 5.60 Å². The molecule has 0 aromatic carbocycles. The fraction of sp³-hybridized carbons (Fsp3) is 0.938. The molecule has 1 aliphatic rings. The van der Waals surface area contributed by atoms with E-state index in [1.165, 1.54) is 25.0 Å². The Kier molecular flexibility index (Phi) is 7.88. The van der Waals surface area contributed by atoms with Crippen LogP contribution in [0.5, 0.6) is 0 Å². The fourth-order valence-electron chi connectivity index (χ4n) is 2.74. The van der Waals surface area contributed by atoms with Crippen molar-refractivity contribution in [3.63, 3.8) is 0 Å². The molecule has 1 amide bonds. The molecule has 21 heavy (non-hydrogen) atoms. The molecule has 0 heterocycles. The molecule has 1 rings (SSSR count). The van der Waals surface area contributed by atoms with E-state index in [4.69, 9.17) is 4.74 Å². The van der Waals surface area contributed by atoms with Crippen molar-refractivity contribution in [2.45, 2.75) is 71.6 Å². The van der Waals surface area contributed by atoms with Crippen molar-refractivity contribution >= 4 is 17.9 Å². The first-order valence-electron chi connectivity index (χ1n) is 8.12. The highest BCUT2D eigenvalue weighted by Gasteiger charge is 2.28. The first kappa shape index (κ1) is 18.6. The predicted octanol–water partition coefficient (Wildman–Crippen LogP) is 3.41. The van der Waals surface area contributed by atoms with Gasteiger partial charge < -0.3 is 15.4 Å². The maximum absolute atomic E-state index is 11.7. The maximum Gasteiger partial charge on any atom is 0.407 e. The van der Waals surface area contributed by atoms with E-state index in [9.17, 15) is 4.79 Å². The van der Waals surface area contributed by atoms with Crippen LogP contribution in [-0.2, 0) is 4.74 Å². The van der Waals surface area contributed by atoms with E-state index in [1.54, 1.807) is 0 Å². The number of ether oxygens (including phenoxy) is 1. The molecule has 0 bridgehead atoms. The van der Waals surface area contributed by atoms with Gasteiger partial charge in [-0.15, -0.1) is 0 Å². The third-order valence-electron chi connectivity index (χ3n) is 3.64. The molecule has 0 aliphatic heterocycles. The summed E-state index contributed by atoms with van der Waals surface area (Å²) >= 11 is 1.97. The van der Waals surface area contributed by atoms with Gasteiger partial charge in [-0.3, -0.25) is 0 Å². The van der Waals surface area contributed by atoms with Crippen LogP contribution in [0, 0.1) is 5.92 Å². The Hall–Kier alpha value is -0.420. The zero-order valence-corrected chi connectivity index (χ0v) is 15.0. The lowest BCUT2D eigenvalue weighted by Crippen LogP contribution is -2.44. The minimum atomic E-state index is -0.427. The van der Waals surface area contributed by atoms with Gasteiger partial charge in [0, 0.05) is 24.4 Å². The molecular weight excluding hydrogens is 284 g/mol. The summed E-state index contributed by atoms with van der Waals surface area (Å²) in [4.78, 5) is 11.7. The van der Waals surface area contributed by atoms with Gasteiger partial charge in [-0.1, -0.05) is 13.3 Å². The summed E-state index contributed by atoms with van der Waals surface area (Å²) in [6, 6.07) is 1.05. The molecule has 3 unspecified atom stereocenters. The number of carbonyl (C=O) groups excluding carboxylic acids is 1. The largest absolute Gasteiger partial charge is 0.444 e. The second-order valence-electron chi connectivity index (χ2n) is 6.91. The summed E-state index contributed by atoms with van der Waals surface area (Å²) < 4.78 is 5.29. The molecule has 1 saturated carbocycles. The minimum absolute atomic E-state index is 0.303. The van der Waals surface area contributed by atoms with Gasteiger partial charge in [-0.05, 0) is 52.2 Å². The van der Waals surface area contributed by atoms with E-state index in [0.717, 1.165) is 5.75 Å². The monoisotopic (exact) mass is 316 g/mol. The standard InChI is InChI=1S/C16H32N2O2S/c1-6-21-11-12(2)18-14-9-7-8-13(14)10-17-15(19)20-16(3,4)5/h12-14,18H,6-11H2,1-5H3,(H,17,19). The summed E-state index contributed by atoms with van der Waals surface area (Å²) in [6.07, 6.45) is 3.33. The smallest absolute Gasteiger partial charge is 0.407 e. The average molecular weight is 317 g/mol. The van der Waals surface area contributed by atoms with Crippen LogP contribution in [-0.4, -0.2) is 41.8 Å². The third-order valence-corrected chi connectivity index (χ3v) is 4.78. The number of alkyl carbamates (subject to hydrolysis) is 1. The summed E-state index contributed by atoms with van der Waals surface area (Å²) in [5.74, 6) is 2.84. The van der Waals surface area contributed by atoms with Crippen molar-refractivity contribution in [3.8, 4) is 0 Å². The van der Waals surface area contributed by atoms with Crippen LogP contribution in [0.4, 0.5) is 4.79 Å². The first-order valence-corrected chi connectivity index (χ1v) is 9.28. The highest BCUT2D eigenvalue weighted by Crippen LogP contribution is 2.26. The summed E-state index contributed by atoms with van der Waals surface area (Å²) in [6.45, 7) is 10.8. The molecule has 1 aliphatic carbocycles. The predicted molar refractivity (Wildman–Crippen MR) is 91.0 cm³/mol. The van der Waals surface area contributed by atoms with E-state index >= 15 is 0 Å². The van der Waals surface area contributed by atoms with Crippen molar-refractivity contribution in [1.29, 1.82) is 0 Å². The Labute approximate surface area is 134 Å². The number of rotatable bonds is 7. The number of nitrogens with one attached hydrogen (secondary N) is 2. The molecule has 2 N–H and O–H groups in total. The molecular formula is C16H32N2O2S. The van der Waals surface area contributed by atoms with Gasteiger partial charge in [0.15, 0.2) is 0 Å². The Morgan fingerprint density at radius 1 is 1.38 bits per heavy atom. The Morgan fingerprint density at radius 2 is 2.10 bits per heavy atom. The van der Waals surface area contributed by atoms with Crippen molar-refractivity contribution in [2.24, 2.45) is 5.92 Å². The molecule has 124 valence electrons. The van der Waals surface area contributed by atoms with Crippen LogP contribution in [0.3, 0.4) is 0 Å². The van der Waals surface area contributed by atoms with Crippen LogP contribution in [0.1, 0.15) is 53.9 Å². The molecule has 0 spiro atoms. The van der Waals surface area contributed by atoms with Crippen molar-refractivity contribution < 1.29 is 9.53 Å². The van der Waals surface area contributed by atoms with Crippen LogP contribution >= 0.6 is 11.8 Å². The van der Waals surface area contributed by atoms with E-state index < -0.39 is 5.60 Å². The first-order chi connectivity index (χ1) is 9.81. The SMILES string of the molecule is CCSCC(C)NC1CCCC1CNC(=O)OC(C)(C)C. The van der Waals surface area contributed by atoms with E-state index in [0.29, 0.717) is 24.5 Å². The van der Waals surface area contributed by atoms with Crippen molar-refractivity contribution in [3.05, 3.63) is 0 Å². The maximum atomic E-state index is 11.7. The average Bonchev–Trinajstić information content (AvgIpc) is 2.79. The van der Waals surface area contributed by atoms with E-state index in [2.05, 4.69) is 24.5 Å². The van der Waals surface area contributed by atoms with Gasteiger partial charge in [0.25, 0.3) is 0 Å². The van der Waals surface area contributed by atoms with E-state index in [1.807, 2.05) is 32.5 Å². The lowest BCUT2D eigenvalue weighted by Gasteiger charge is -2.26. The normalized spacial score (nSPS) is 23.9. The lowest BCUT2D eigenvalue weighted by atomic mass is 10.0.